The Bertz CT molecular complexity index is 857. The second-order valence-corrected chi connectivity index (χ2v) is 9.58. The molecular weight excluding hydrogens is 448 g/mol. The molecule has 0 fully saturated rings. The van der Waals surface area contributed by atoms with E-state index in [1.54, 1.807) is 56.8 Å². The average molecular weight is 473 g/mol. The van der Waals surface area contributed by atoms with Gasteiger partial charge in [0.1, 0.15) is 11.6 Å². The molecule has 8 nitrogen and oxygen atoms in total. The Morgan fingerprint density at radius 2 is 2.07 bits per heavy atom. The van der Waals surface area contributed by atoms with E-state index in [2.05, 4.69) is 20.8 Å². The number of carbonyl (C=O) groups excluding carboxylic acids is 2. The van der Waals surface area contributed by atoms with E-state index in [0.29, 0.717) is 17.1 Å². The summed E-state index contributed by atoms with van der Waals surface area (Å²) >= 11 is 8.66. The van der Waals surface area contributed by atoms with Crippen molar-refractivity contribution in [3.8, 4) is 0 Å². The monoisotopic (exact) mass is 472 g/mol. The van der Waals surface area contributed by atoms with Gasteiger partial charge >= 0.3 is 6.09 Å². The Balaban J connectivity index is 1.93. The van der Waals surface area contributed by atoms with Crippen molar-refractivity contribution in [2.75, 3.05) is 23.1 Å². The van der Waals surface area contributed by atoms with E-state index in [1.165, 1.54) is 0 Å². The van der Waals surface area contributed by atoms with Gasteiger partial charge in [0.25, 0.3) is 5.22 Å². The molecule has 2 aromatic rings. The first-order valence-electron chi connectivity index (χ1n) is 9.16. The summed E-state index contributed by atoms with van der Waals surface area (Å²) in [5.41, 5.74) is -0.00151. The minimum Gasteiger partial charge on any atom is -0.444 e. The molecule has 2 amide bonds. The van der Waals surface area contributed by atoms with Crippen LogP contribution in [0.1, 0.15) is 39.1 Å². The Labute approximate surface area is 189 Å². The van der Waals surface area contributed by atoms with Crippen LogP contribution in [-0.4, -0.2) is 45.6 Å². The van der Waals surface area contributed by atoms with Crippen LogP contribution in [0.3, 0.4) is 0 Å². The molecule has 0 radical (unpaired) electrons. The summed E-state index contributed by atoms with van der Waals surface area (Å²) in [6.07, 6.45) is 2.02. The van der Waals surface area contributed by atoms with Gasteiger partial charge in [0, 0.05) is 10.7 Å². The first-order chi connectivity index (χ1) is 14.2. The number of aromatic nitrogens is 2. The fourth-order valence-corrected chi connectivity index (χ4v) is 3.48. The van der Waals surface area contributed by atoms with Crippen LogP contribution in [-0.2, 0) is 9.53 Å². The van der Waals surface area contributed by atoms with Crippen LogP contribution in [0.2, 0.25) is 5.02 Å². The number of carbonyl (C=O) groups is 2. The molecule has 0 aliphatic heterocycles. The fourth-order valence-electron chi connectivity index (χ4n) is 2.25. The molecule has 0 saturated carbocycles. The van der Waals surface area contributed by atoms with E-state index < -0.39 is 17.7 Å². The SMILES string of the molecule is CSCC[C@H](NC(=O)OC(C)(C)C)c1nnc(SCC(=O)Nc2cccc(Cl)c2)o1. The molecule has 30 heavy (non-hydrogen) atoms. The maximum absolute atomic E-state index is 12.1. The molecule has 2 N–H and O–H groups in total. The molecule has 0 aliphatic rings. The predicted molar refractivity (Wildman–Crippen MR) is 120 cm³/mol. The van der Waals surface area contributed by atoms with Crippen molar-refractivity contribution in [3.63, 3.8) is 0 Å². The summed E-state index contributed by atoms with van der Waals surface area (Å²) in [6.45, 7) is 5.37. The molecule has 164 valence electrons. The first-order valence-corrected chi connectivity index (χ1v) is 11.9. The summed E-state index contributed by atoms with van der Waals surface area (Å²) in [4.78, 5) is 24.2. The zero-order valence-electron chi connectivity index (χ0n) is 17.2. The summed E-state index contributed by atoms with van der Waals surface area (Å²) in [7, 11) is 0. The number of thioether (sulfide) groups is 2. The maximum Gasteiger partial charge on any atom is 0.408 e. The number of amides is 2. The predicted octanol–water partition coefficient (Wildman–Crippen LogP) is 4.77. The lowest BCUT2D eigenvalue weighted by atomic mass is 10.2. The van der Waals surface area contributed by atoms with Crippen LogP contribution in [0.25, 0.3) is 0 Å². The zero-order valence-corrected chi connectivity index (χ0v) is 19.6. The van der Waals surface area contributed by atoms with Crippen molar-refractivity contribution in [1.29, 1.82) is 0 Å². The number of ether oxygens (including phenoxy) is 1. The molecule has 1 aromatic heterocycles. The van der Waals surface area contributed by atoms with E-state index in [-0.39, 0.29) is 22.8 Å². The Hall–Kier alpha value is -1.91. The summed E-state index contributed by atoms with van der Waals surface area (Å²) in [6, 6.07) is 6.41. The van der Waals surface area contributed by atoms with E-state index >= 15 is 0 Å². The minimum absolute atomic E-state index is 0.0864. The van der Waals surface area contributed by atoms with Crippen LogP contribution in [0, 0.1) is 0 Å². The summed E-state index contributed by atoms with van der Waals surface area (Å²) in [5.74, 6) is 0.914. The van der Waals surface area contributed by atoms with Crippen LogP contribution in [0.4, 0.5) is 10.5 Å². The van der Waals surface area contributed by atoms with Gasteiger partial charge in [-0.2, -0.15) is 11.8 Å². The quantitative estimate of drug-likeness (QED) is 0.502. The van der Waals surface area contributed by atoms with Gasteiger partial charge in [0.2, 0.25) is 11.8 Å². The molecule has 1 atom stereocenters. The normalized spacial score (nSPS) is 12.3. The number of alkyl carbamates (subject to hydrolysis) is 1. The Morgan fingerprint density at radius 1 is 1.30 bits per heavy atom. The van der Waals surface area contributed by atoms with Crippen molar-refractivity contribution in [3.05, 3.63) is 35.2 Å². The van der Waals surface area contributed by atoms with Crippen molar-refractivity contribution in [1.82, 2.24) is 15.5 Å². The second kappa shape index (κ2) is 11.5. The maximum atomic E-state index is 12.1. The molecule has 11 heteroatoms. The van der Waals surface area contributed by atoms with Crippen LogP contribution in [0.15, 0.2) is 33.9 Å². The largest absolute Gasteiger partial charge is 0.444 e. The standard InChI is InChI=1S/C19H25ClN4O4S2/c1-19(2,3)28-17(26)22-14(8-9-29-4)16-23-24-18(27-16)30-11-15(25)21-13-7-5-6-12(20)10-13/h5-7,10,14H,8-9,11H2,1-4H3,(H,21,25)(H,22,26)/t14-/m0/s1. The van der Waals surface area contributed by atoms with Crippen LogP contribution < -0.4 is 10.6 Å². The third-order valence-electron chi connectivity index (χ3n) is 3.46. The molecule has 0 saturated heterocycles. The highest BCUT2D eigenvalue weighted by atomic mass is 35.5. The zero-order chi connectivity index (χ0) is 22.1. The van der Waals surface area contributed by atoms with Gasteiger partial charge in [0.15, 0.2) is 0 Å². The lowest BCUT2D eigenvalue weighted by molar-refractivity contribution is -0.113. The molecule has 1 heterocycles. The molecule has 0 spiro atoms. The Kier molecular flexibility index (Phi) is 9.32. The van der Waals surface area contributed by atoms with Gasteiger partial charge in [-0.25, -0.2) is 4.79 Å². The number of rotatable bonds is 9. The third kappa shape index (κ3) is 8.85. The lowest BCUT2D eigenvalue weighted by Gasteiger charge is -2.22. The first kappa shape index (κ1) is 24.4. The summed E-state index contributed by atoms with van der Waals surface area (Å²) < 4.78 is 11.0. The third-order valence-corrected chi connectivity index (χ3v) is 5.15. The van der Waals surface area contributed by atoms with E-state index in [4.69, 9.17) is 20.8 Å². The number of nitrogens with zero attached hydrogens (tertiary/aromatic N) is 2. The van der Waals surface area contributed by atoms with Crippen molar-refractivity contribution >= 4 is 52.8 Å². The van der Waals surface area contributed by atoms with E-state index in [9.17, 15) is 9.59 Å². The molecule has 1 aromatic carbocycles. The molecule has 0 bridgehead atoms. The van der Waals surface area contributed by atoms with Crippen LogP contribution >= 0.6 is 35.1 Å². The van der Waals surface area contributed by atoms with Crippen LogP contribution in [0.5, 0.6) is 0 Å². The van der Waals surface area contributed by atoms with Crippen molar-refractivity contribution < 1.29 is 18.7 Å². The second-order valence-electron chi connectivity index (χ2n) is 7.23. The average Bonchev–Trinajstić information content (AvgIpc) is 3.11. The lowest BCUT2D eigenvalue weighted by Crippen LogP contribution is -2.35. The van der Waals surface area contributed by atoms with E-state index in [1.807, 2.05) is 6.26 Å². The highest BCUT2D eigenvalue weighted by molar-refractivity contribution is 7.99. The molecule has 0 unspecified atom stereocenters. The van der Waals surface area contributed by atoms with Crippen molar-refractivity contribution in [2.24, 2.45) is 0 Å². The van der Waals surface area contributed by atoms with E-state index in [0.717, 1.165) is 17.5 Å². The Morgan fingerprint density at radius 3 is 2.73 bits per heavy atom. The van der Waals surface area contributed by atoms with Gasteiger partial charge < -0.3 is 19.8 Å². The number of anilines is 1. The van der Waals surface area contributed by atoms with Gasteiger partial charge in [-0.1, -0.05) is 29.4 Å². The van der Waals surface area contributed by atoms with Gasteiger partial charge in [-0.05, 0) is 57.4 Å². The highest BCUT2D eigenvalue weighted by Gasteiger charge is 2.24. The van der Waals surface area contributed by atoms with Crippen molar-refractivity contribution in [2.45, 2.75) is 44.1 Å². The number of benzene rings is 1. The molecule has 2 rings (SSSR count). The topological polar surface area (TPSA) is 106 Å². The number of hydrogen-bond donors (Lipinski definition) is 2. The number of hydrogen-bond acceptors (Lipinski definition) is 8. The minimum atomic E-state index is -0.611. The molecule has 0 aliphatic carbocycles. The highest BCUT2D eigenvalue weighted by Crippen LogP contribution is 2.23. The number of halogens is 1. The summed E-state index contributed by atoms with van der Waals surface area (Å²) in [5, 5.41) is 14.3. The van der Waals surface area contributed by atoms with Gasteiger partial charge in [-0.15, -0.1) is 10.2 Å². The fraction of sp³-hybridized carbons (Fsp3) is 0.474. The number of nitrogens with one attached hydrogen (secondary N) is 2. The molecular formula is C19H25ClN4O4S2. The van der Waals surface area contributed by atoms with Gasteiger partial charge in [-0.3, -0.25) is 4.79 Å². The van der Waals surface area contributed by atoms with Gasteiger partial charge in [0.05, 0.1) is 5.75 Å². The smallest absolute Gasteiger partial charge is 0.408 e.